The average molecular weight is 352 g/mol. The quantitative estimate of drug-likeness (QED) is 0.781. The molecular formula is C13H7BrFN3O3. The molecule has 0 aliphatic heterocycles. The third kappa shape index (κ3) is 3.00. The fourth-order valence-electron chi connectivity index (χ4n) is 1.57. The van der Waals surface area contributed by atoms with Crippen molar-refractivity contribution in [2.45, 2.75) is 0 Å². The largest absolute Gasteiger partial charge is 0.444 e. The summed E-state index contributed by atoms with van der Waals surface area (Å²) in [7, 11) is 0. The summed E-state index contributed by atoms with van der Waals surface area (Å²) in [5.74, 6) is -0.396. The molecule has 2 heterocycles. The van der Waals surface area contributed by atoms with Crippen LogP contribution in [0.2, 0.25) is 0 Å². The molecule has 21 heavy (non-hydrogen) atoms. The molecule has 3 aromatic rings. The number of amides is 1. The first-order chi connectivity index (χ1) is 10.1. The molecule has 0 fully saturated rings. The fourth-order valence-corrected chi connectivity index (χ4v) is 1.88. The lowest BCUT2D eigenvalue weighted by Crippen LogP contribution is -2.12. The molecule has 2 aromatic heterocycles. The molecular weight excluding hydrogens is 345 g/mol. The Balaban J connectivity index is 1.75. The molecule has 0 bridgehead atoms. The Labute approximate surface area is 126 Å². The Morgan fingerprint density at radius 1 is 1.10 bits per heavy atom. The number of carbonyl (C=O) groups excluding carboxylic acids is 1. The molecule has 1 N–H and O–H groups in total. The van der Waals surface area contributed by atoms with Gasteiger partial charge < -0.3 is 8.83 Å². The molecule has 3 rings (SSSR count). The number of nitrogens with zero attached hydrogens (tertiary/aromatic N) is 2. The SMILES string of the molecule is O=C(Nc1nnc(-c2ccc(Br)o2)o1)c1ccc(F)cc1. The van der Waals surface area contributed by atoms with E-state index in [0.717, 1.165) is 0 Å². The number of benzene rings is 1. The van der Waals surface area contributed by atoms with Gasteiger partial charge in [-0.1, -0.05) is 5.10 Å². The third-order valence-electron chi connectivity index (χ3n) is 2.54. The van der Waals surface area contributed by atoms with E-state index < -0.39 is 11.7 Å². The summed E-state index contributed by atoms with van der Waals surface area (Å²) in [6, 6.07) is 8.33. The van der Waals surface area contributed by atoms with Gasteiger partial charge in [0.05, 0.1) is 0 Å². The Morgan fingerprint density at radius 2 is 1.86 bits per heavy atom. The summed E-state index contributed by atoms with van der Waals surface area (Å²) in [5.41, 5.74) is 0.275. The number of hydrogen-bond donors (Lipinski definition) is 1. The van der Waals surface area contributed by atoms with E-state index in [4.69, 9.17) is 8.83 Å². The van der Waals surface area contributed by atoms with Gasteiger partial charge in [0.15, 0.2) is 10.4 Å². The van der Waals surface area contributed by atoms with Gasteiger partial charge in [0.1, 0.15) is 5.82 Å². The lowest BCUT2D eigenvalue weighted by Gasteiger charge is -1.99. The van der Waals surface area contributed by atoms with Crippen molar-refractivity contribution in [3.8, 4) is 11.7 Å². The third-order valence-corrected chi connectivity index (χ3v) is 2.96. The minimum atomic E-state index is -0.481. The lowest BCUT2D eigenvalue weighted by atomic mass is 10.2. The van der Waals surface area contributed by atoms with Crippen molar-refractivity contribution in [2.75, 3.05) is 5.32 Å². The monoisotopic (exact) mass is 351 g/mol. The van der Waals surface area contributed by atoms with Gasteiger partial charge in [-0.05, 0) is 52.3 Å². The summed E-state index contributed by atoms with van der Waals surface area (Å²) in [4.78, 5) is 11.9. The second kappa shape index (κ2) is 5.49. The van der Waals surface area contributed by atoms with Crippen LogP contribution in [0.5, 0.6) is 0 Å². The molecule has 6 nitrogen and oxygen atoms in total. The molecule has 0 atom stereocenters. The summed E-state index contributed by atoms with van der Waals surface area (Å²) in [6.45, 7) is 0. The van der Waals surface area contributed by atoms with Gasteiger partial charge in [0.2, 0.25) is 0 Å². The van der Waals surface area contributed by atoms with Crippen molar-refractivity contribution in [3.05, 3.63) is 52.4 Å². The van der Waals surface area contributed by atoms with E-state index in [1.165, 1.54) is 24.3 Å². The number of anilines is 1. The number of nitrogens with one attached hydrogen (secondary N) is 1. The first-order valence-corrected chi connectivity index (χ1v) is 6.57. The van der Waals surface area contributed by atoms with Crippen LogP contribution >= 0.6 is 15.9 Å². The summed E-state index contributed by atoms with van der Waals surface area (Å²) in [6.07, 6.45) is 0. The zero-order valence-electron chi connectivity index (χ0n) is 10.3. The molecule has 1 amide bonds. The molecule has 0 radical (unpaired) electrons. The van der Waals surface area contributed by atoms with E-state index >= 15 is 0 Å². The molecule has 106 valence electrons. The molecule has 1 aromatic carbocycles. The van der Waals surface area contributed by atoms with Crippen LogP contribution < -0.4 is 5.32 Å². The van der Waals surface area contributed by atoms with Crippen molar-refractivity contribution in [1.29, 1.82) is 0 Å². The van der Waals surface area contributed by atoms with Crippen LogP contribution in [0.1, 0.15) is 10.4 Å². The van der Waals surface area contributed by atoms with Crippen LogP contribution in [0, 0.1) is 5.82 Å². The van der Waals surface area contributed by atoms with Gasteiger partial charge in [-0.15, -0.1) is 5.10 Å². The minimum absolute atomic E-state index is 0.0770. The molecule has 0 unspecified atom stereocenters. The highest BCUT2D eigenvalue weighted by molar-refractivity contribution is 9.10. The highest BCUT2D eigenvalue weighted by atomic mass is 79.9. The van der Waals surface area contributed by atoms with Gasteiger partial charge >= 0.3 is 6.01 Å². The van der Waals surface area contributed by atoms with Gasteiger partial charge in [-0.3, -0.25) is 10.1 Å². The van der Waals surface area contributed by atoms with Crippen molar-refractivity contribution < 1.29 is 18.0 Å². The van der Waals surface area contributed by atoms with Crippen LogP contribution in [0.3, 0.4) is 0 Å². The Morgan fingerprint density at radius 3 is 2.52 bits per heavy atom. The van der Waals surface area contributed by atoms with Gasteiger partial charge in [-0.2, -0.15) is 0 Å². The Hall–Kier alpha value is -2.48. The first-order valence-electron chi connectivity index (χ1n) is 5.78. The van der Waals surface area contributed by atoms with Crippen molar-refractivity contribution in [1.82, 2.24) is 10.2 Å². The van der Waals surface area contributed by atoms with Gasteiger partial charge in [0, 0.05) is 5.56 Å². The summed E-state index contributed by atoms with van der Waals surface area (Å²) < 4.78 is 23.8. The maximum Gasteiger partial charge on any atom is 0.322 e. The molecule has 0 aliphatic rings. The Bertz CT molecular complexity index is 782. The van der Waals surface area contributed by atoms with Crippen LogP contribution in [0.4, 0.5) is 10.4 Å². The number of halogens is 2. The maximum atomic E-state index is 12.8. The summed E-state index contributed by atoms with van der Waals surface area (Å²) in [5, 5.41) is 9.86. The van der Waals surface area contributed by atoms with E-state index in [1.807, 2.05) is 0 Å². The van der Waals surface area contributed by atoms with Crippen molar-refractivity contribution in [3.63, 3.8) is 0 Å². The number of aromatic nitrogens is 2. The highest BCUT2D eigenvalue weighted by Gasteiger charge is 2.15. The van der Waals surface area contributed by atoms with Crippen LogP contribution in [0.25, 0.3) is 11.7 Å². The van der Waals surface area contributed by atoms with E-state index in [9.17, 15) is 9.18 Å². The van der Waals surface area contributed by atoms with E-state index in [2.05, 4.69) is 31.4 Å². The van der Waals surface area contributed by atoms with Crippen LogP contribution in [0.15, 0.2) is 49.9 Å². The molecule has 8 heteroatoms. The Kier molecular flexibility index (Phi) is 3.53. The number of furan rings is 1. The zero-order chi connectivity index (χ0) is 14.8. The fraction of sp³-hybridized carbons (Fsp3) is 0. The lowest BCUT2D eigenvalue weighted by molar-refractivity contribution is 0.102. The van der Waals surface area contributed by atoms with Crippen LogP contribution in [-0.2, 0) is 0 Å². The minimum Gasteiger partial charge on any atom is -0.444 e. The second-order valence-corrected chi connectivity index (χ2v) is 4.76. The molecule has 0 saturated heterocycles. The zero-order valence-corrected chi connectivity index (χ0v) is 11.9. The van der Waals surface area contributed by atoms with E-state index in [1.54, 1.807) is 12.1 Å². The molecule has 0 aliphatic carbocycles. The van der Waals surface area contributed by atoms with Crippen molar-refractivity contribution >= 4 is 27.9 Å². The highest BCUT2D eigenvalue weighted by Crippen LogP contribution is 2.24. The normalized spacial score (nSPS) is 10.6. The smallest absolute Gasteiger partial charge is 0.322 e. The molecule has 0 spiro atoms. The maximum absolute atomic E-state index is 12.8. The summed E-state index contributed by atoms with van der Waals surface area (Å²) >= 11 is 3.16. The number of rotatable bonds is 3. The predicted molar refractivity (Wildman–Crippen MR) is 74.1 cm³/mol. The number of hydrogen-bond acceptors (Lipinski definition) is 5. The van der Waals surface area contributed by atoms with Gasteiger partial charge in [0.25, 0.3) is 11.8 Å². The van der Waals surface area contributed by atoms with E-state index in [-0.39, 0.29) is 17.5 Å². The topological polar surface area (TPSA) is 81.2 Å². The number of carbonyl (C=O) groups is 1. The average Bonchev–Trinajstić information content (AvgIpc) is 3.08. The van der Waals surface area contributed by atoms with Gasteiger partial charge in [-0.25, -0.2) is 4.39 Å². The first kappa shape index (κ1) is 13.5. The van der Waals surface area contributed by atoms with Crippen molar-refractivity contribution in [2.24, 2.45) is 0 Å². The van der Waals surface area contributed by atoms with Crippen LogP contribution in [-0.4, -0.2) is 16.1 Å². The predicted octanol–water partition coefficient (Wildman–Crippen LogP) is 3.48. The second-order valence-electron chi connectivity index (χ2n) is 3.98. The standard InChI is InChI=1S/C13H7BrFN3O3/c14-10-6-5-9(20-10)12-17-18-13(21-12)16-11(19)7-1-3-8(15)4-2-7/h1-6H,(H,16,18,19). The molecule has 0 saturated carbocycles. The van der Waals surface area contributed by atoms with E-state index in [0.29, 0.717) is 10.4 Å².